The van der Waals surface area contributed by atoms with E-state index in [-0.39, 0.29) is 5.97 Å². The summed E-state index contributed by atoms with van der Waals surface area (Å²) >= 11 is 0. The SMILES string of the molecule is CCOC(=O)c1ccc(COc2ccc3[nH]cc(CCN)c3c2)cc1. The zero-order valence-corrected chi connectivity index (χ0v) is 14.2. The number of esters is 1. The highest BCUT2D eigenvalue weighted by atomic mass is 16.5. The Labute approximate surface area is 146 Å². The van der Waals surface area contributed by atoms with Crippen LogP contribution in [0, 0.1) is 0 Å². The van der Waals surface area contributed by atoms with Crippen LogP contribution in [-0.2, 0) is 17.8 Å². The first kappa shape index (κ1) is 17.0. The van der Waals surface area contributed by atoms with Crippen LogP contribution in [0.1, 0.15) is 28.4 Å². The fourth-order valence-corrected chi connectivity index (χ4v) is 2.73. The molecule has 0 aliphatic heterocycles. The van der Waals surface area contributed by atoms with Gasteiger partial charge in [-0.3, -0.25) is 0 Å². The van der Waals surface area contributed by atoms with Crippen molar-refractivity contribution < 1.29 is 14.3 Å². The van der Waals surface area contributed by atoms with E-state index in [2.05, 4.69) is 4.98 Å². The zero-order valence-electron chi connectivity index (χ0n) is 14.2. The Morgan fingerprint density at radius 3 is 2.68 bits per heavy atom. The average Bonchev–Trinajstić information content (AvgIpc) is 3.03. The predicted molar refractivity (Wildman–Crippen MR) is 97.8 cm³/mol. The van der Waals surface area contributed by atoms with Crippen molar-refractivity contribution in [2.45, 2.75) is 20.0 Å². The molecule has 0 aliphatic rings. The highest BCUT2D eigenvalue weighted by Gasteiger charge is 2.07. The summed E-state index contributed by atoms with van der Waals surface area (Å²) in [6, 6.07) is 13.2. The number of aromatic amines is 1. The number of hydrogen-bond donors (Lipinski definition) is 2. The minimum Gasteiger partial charge on any atom is -0.489 e. The van der Waals surface area contributed by atoms with Crippen molar-refractivity contribution >= 4 is 16.9 Å². The number of benzene rings is 2. The van der Waals surface area contributed by atoms with Crippen molar-refractivity contribution in [3.05, 3.63) is 65.4 Å². The molecule has 0 radical (unpaired) electrons. The van der Waals surface area contributed by atoms with Gasteiger partial charge in [0.2, 0.25) is 0 Å². The van der Waals surface area contributed by atoms with E-state index in [0.717, 1.165) is 28.6 Å². The van der Waals surface area contributed by atoms with Crippen LogP contribution in [0.3, 0.4) is 0 Å². The molecule has 0 fully saturated rings. The van der Waals surface area contributed by atoms with Crippen LogP contribution in [0.5, 0.6) is 5.75 Å². The maximum atomic E-state index is 11.7. The Morgan fingerprint density at radius 2 is 1.96 bits per heavy atom. The Balaban J connectivity index is 1.67. The number of hydrogen-bond acceptors (Lipinski definition) is 4. The summed E-state index contributed by atoms with van der Waals surface area (Å²) in [4.78, 5) is 14.9. The quantitative estimate of drug-likeness (QED) is 0.647. The van der Waals surface area contributed by atoms with Crippen molar-refractivity contribution in [2.75, 3.05) is 13.2 Å². The summed E-state index contributed by atoms with van der Waals surface area (Å²) in [5.41, 5.74) is 9.47. The number of fused-ring (bicyclic) bond motifs is 1. The third-order valence-corrected chi connectivity index (χ3v) is 4.02. The van der Waals surface area contributed by atoms with Crippen LogP contribution in [0.15, 0.2) is 48.7 Å². The van der Waals surface area contributed by atoms with Crippen molar-refractivity contribution in [3.8, 4) is 5.75 Å². The Morgan fingerprint density at radius 1 is 1.16 bits per heavy atom. The fourth-order valence-electron chi connectivity index (χ4n) is 2.73. The summed E-state index contributed by atoms with van der Waals surface area (Å²) < 4.78 is 10.9. The third kappa shape index (κ3) is 4.00. The van der Waals surface area contributed by atoms with E-state index in [9.17, 15) is 4.79 Å². The number of carbonyl (C=O) groups excluding carboxylic acids is 1. The van der Waals surface area contributed by atoms with Crippen molar-refractivity contribution in [3.63, 3.8) is 0 Å². The van der Waals surface area contributed by atoms with Crippen LogP contribution in [-0.4, -0.2) is 24.1 Å². The molecule has 1 aromatic heterocycles. The van der Waals surface area contributed by atoms with E-state index in [1.807, 2.05) is 36.5 Å². The lowest BCUT2D eigenvalue weighted by atomic mass is 10.1. The molecule has 0 atom stereocenters. The maximum absolute atomic E-state index is 11.7. The number of nitrogens with one attached hydrogen (secondary N) is 1. The molecule has 0 unspecified atom stereocenters. The van der Waals surface area contributed by atoms with Crippen molar-refractivity contribution in [1.29, 1.82) is 0 Å². The largest absolute Gasteiger partial charge is 0.489 e. The lowest BCUT2D eigenvalue weighted by molar-refractivity contribution is 0.0526. The number of H-pyrrole nitrogens is 1. The molecule has 1 heterocycles. The summed E-state index contributed by atoms with van der Waals surface area (Å²) in [6.45, 7) is 3.22. The number of nitrogens with two attached hydrogens (primary N) is 1. The molecule has 3 aromatic rings. The molecule has 0 saturated heterocycles. The lowest BCUT2D eigenvalue weighted by Gasteiger charge is -2.08. The second kappa shape index (κ2) is 7.85. The normalized spacial score (nSPS) is 10.8. The molecule has 3 N–H and O–H groups in total. The van der Waals surface area contributed by atoms with Crippen molar-refractivity contribution in [2.24, 2.45) is 5.73 Å². The molecule has 5 nitrogen and oxygen atoms in total. The van der Waals surface area contributed by atoms with Gasteiger partial charge in [0.05, 0.1) is 12.2 Å². The summed E-state index contributed by atoms with van der Waals surface area (Å²) in [5, 5.41) is 1.14. The first-order valence-corrected chi connectivity index (χ1v) is 8.40. The highest BCUT2D eigenvalue weighted by Crippen LogP contribution is 2.24. The molecular formula is C20H22N2O3. The minimum absolute atomic E-state index is 0.305. The summed E-state index contributed by atoms with van der Waals surface area (Å²) in [6.07, 6.45) is 2.83. The fraction of sp³-hybridized carbons (Fsp3) is 0.250. The van der Waals surface area contributed by atoms with E-state index < -0.39 is 0 Å². The number of aromatic nitrogens is 1. The molecule has 0 bridgehead atoms. The van der Waals surface area contributed by atoms with Gasteiger partial charge >= 0.3 is 5.97 Å². The first-order chi connectivity index (χ1) is 12.2. The van der Waals surface area contributed by atoms with Crippen LogP contribution in [0.2, 0.25) is 0 Å². The molecular weight excluding hydrogens is 316 g/mol. The Bertz CT molecular complexity index is 853. The summed E-state index contributed by atoms with van der Waals surface area (Å²) in [7, 11) is 0. The van der Waals surface area contributed by atoms with Gasteiger partial charge in [-0.15, -0.1) is 0 Å². The van der Waals surface area contributed by atoms with Crippen LogP contribution < -0.4 is 10.5 Å². The van der Waals surface area contributed by atoms with E-state index >= 15 is 0 Å². The van der Waals surface area contributed by atoms with E-state index in [1.54, 1.807) is 19.1 Å². The standard InChI is InChI=1S/C20H22N2O3/c1-2-24-20(23)15-5-3-14(4-6-15)13-25-17-7-8-19-18(11-17)16(9-10-21)12-22-19/h3-8,11-12,22H,2,9-10,13,21H2,1H3. The third-order valence-electron chi connectivity index (χ3n) is 4.02. The monoisotopic (exact) mass is 338 g/mol. The molecule has 0 amide bonds. The molecule has 5 heteroatoms. The predicted octanol–water partition coefficient (Wildman–Crippen LogP) is 3.42. The molecule has 2 aromatic carbocycles. The van der Waals surface area contributed by atoms with Gasteiger partial charge < -0.3 is 20.2 Å². The Hall–Kier alpha value is -2.79. The molecule has 130 valence electrons. The van der Waals surface area contributed by atoms with Crippen LogP contribution in [0.25, 0.3) is 10.9 Å². The van der Waals surface area contributed by atoms with Gasteiger partial charge in [-0.2, -0.15) is 0 Å². The molecule has 3 rings (SSSR count). The van der Waals surface area contributed by atoms with Gasteiger partial charge in [-0.1, -0.05) is 12.1 Å². The molecule has 0 aliphatic carbocycles. The highest BCUT2D eigenvalue weighted by molar-refractivity contribution is 5.89. The second-order valence-electron chi connectivity index (χ2n) is 5.77. The van der Waals surface area contributed by atoms with Gasteiger partial charge in [0.25, 0.3) is 0 Å². The van der Waals surface area contributed by atoms with Gasteiger partial charge in [0, 0.05) is 17.1 Å². The van der Waals surface area contributed by atoms with Gasteiger partial charge in [-0.05, 0) is 61.3 Å². The number of carbonyl (C=O) groups is 1. The first-order valence-electron chi connectivity index (χ1n) is 8.40. The van der Waals surface area contributed by atoms with Gasteiger partial charge in [-0.25, -0.2) is 4.79 Å². The van der Waals surface area contributed by atoms with Crippen LogP contribution in [0.4, 0.5) is 0 Å². The van der Waals surface area contributed by atoms with E-state index in [4.69, 9.17) is 15.2 Å². The minimum atomic E-state index is -0.305. The zero-order chi connectivity index (χ0) is 17.6. The van der Waals surface area contributed by atoms with Gasteiger partial charge in [0.1, 0.15) is 12.4 Å². The lowest BCUT2D eigenvalue weighted by Crippen LogP contribution is -2.04. The molecule has 0 spiro atoms. The summed E-state index contributed by atoms with van der Waals surface area (Å²) in [5.74, 6) is 0.500. The topological polar surface area (TPSA) is 77.3 Å². The molecule has 0 saturated carbocycles. The smallest absolute Gasteiger partial charge is 0.338 e. The molecule has 25 heavy (non-hydrogen) atoms. The Kier molecular flexibility index (Phi) is 5.36. The maximum Gasteiger partial charge on any atom is 0.338 e. The average molecular weight is 338 g/mol. The van der Waals surface area contributed by atoms with E-state index in [0.29, 0.717) is 25.3 Å². The van der Waals surface area contributed by atoms with Gasteiger partial charge in [0.15, 0.2) is 0 Å². The second-order valence-corrected chi connectivity index (χ2v) is 5.77. The number of rotatable bonds is 7. The van der Waals surface area contributed by atoms with Crippen molar-refractivity contribution in [1.82, 2.24) is 4.98 Å². The number of ether oxygens (including phenoxy) is 2. The van der Waals surface area contributed by atoms with Crippen LogP contribution >= 0.6 is 0 Å². The van der Waals surface area contributed by atoms with E-state index in [1.165, 1.54) is 5.56 Å².